The Labute approximate surface area is 169 Å². The Morgan fingerprint density at radius 2 is 2.07 bits per heavy atom. The minimum atomic E-state index is -4.47. The molecule has 29 heavy (non-hydrogen) atoms. The van der Waals surface area contributed by atoms with Crippen molar-refractivity contribution in [1.29, 1.82) is 10.0 Å². The third kappa shape index (κ3) is 5.01. The lowest BCUT2D eigenvalue weighted by molar-refractivity contribution is -0.667. The molecule has 0 spiro atoms. The van der Waals surface area contributed by atoms with Crippen molar-refractivity contribution in [2.75, 3.05) is 0 Å². The standard InChI is InChI=1S/C16H13F3N6O2S2/c1-15(2,7-20)27-9-3-11(29(21)26)14(22-5-9)10-6-25-8-23-13(4-12(25)24-10)28-16(17,18)19/h3-5,8,21H,6H2,1-2H3. The Morgan fingerprint density at radius 1 is 1.34 bits per heavy atom. The van der Waals surface area contributed by atoms with Crippen molar-refractivity contribution < 1.29 is 26.7 Å². The average molecular weight is 442 g/mol. The lowest BCUT2D eigenvalue weighted by Crippen LogP contribution is -2.34. The zero-order chi connectivity index (χ0) is 21.4. The highest BCUT2D eigenvalue weighted by Crippen LogP contribution is 2.36. The number of fused-ring (bicyclic) bond motifs is 1. The van der Waals surface area contributed by atoms with Crippen molar-refractivity contribution in [1.82, 2.24) is 9.97 Å². The van der Waals surface area contributed by atoms with Crippen LogP contribution in [-0.4, -0.2) is 26.8 Å². The number of hydrogen-bond acceptors (Lipinski definition) is 9. The number of nitrogens with zero attached hydrogens (tertiary/aromatic N) is 5. The van der Waals surface area contributed by atoms with Gasteiger partial charge in [-0.3, -0.25) is 4.98 Å². The molecule has 0 radical (unpaired) electrons. The first-order valence-electron chi connectivity index (χ1n) is 7.94. The molecule has 1 aliphatic heterocycles. The van der Waals surface area contributed by atoms with Gasteiger partial charge in [-0.25, -0.2) is 4.57 Å². The van der Waals surface area contributed by atoms with Gasteiger partial charge < -0.3 is 13.7 Å². The minimum absolute atomic E-state index is 0.0150. The van der Waals surface area contributed by atoms with Gasteiger partial charge in [0.05, 0.1) is 18.0 Å². The number of pyridine rings is 1. The van der Waals surface area contributed by atoms with Gasteiger partial charge in [0.15, 0.2) is 16.3 Å². The van der Waals surface area contributed by atoms with Gasteiger partial charge in [0, 0.05) is 11.8 Å². The van der Waals surface area contributed by atoms with Crippen LogP contribution in [0, 0.1) is 16.1 Å². The Bertz CT molecular complexity index is 1110. The third-order valence-corrected chi connectivity index (χ3v) is 4.98. The summed E-state index contributed by atoms with van der Waals surface area (Å²) in [5, 5.41) is 8.81. The minimum Gasteiger partial charge on any atom is -0.471 e. The van der Waals surface area contributed by atoms with Gasteiger partial charge in [-0.1, -0.05) is 4.90 Å². The van der Waals surface area contributed by atoms with Crippen molar-refractivity contribution in [2.45, 2.75) is 41.4 Å². The summed E-state index contributed by atoms with van der Waals surface area (Å²) in [5.41, 5.74) is -5.14. The molecule has 0 amide bonds. The Balaban J connectivity index is 1.95. The molecule has 0 bridgehead atoms. The molecule has 1 aliphatic rings. The second-order valence-corrected chi connectivity index (χ2v) is 8.39. The van der Waals surface area contributed by atoms with E-state index in [-0.39, 0.29) is 45.5 Å². The van der Waals surface area contributed by atoms with E-state index in [1.165, 1.54) is 43.1 Å². The summed E-state index contributed by atoms with van der Waals surface area (Å²) in [4.78, 5) is 12.2. The number of nitrogens with one attached hydrogen (secondary N) is 1. The smallest absolute Gasteiger partial charge is 0.449 e. The Hall–Kier alpha value is -2.72. The zero-order valence-corrected chi connectivity index (χ0v) is 16.7. The Morgan fingerprint density at radius 3 is 2.69 bits per heavy atom. The van der Waals surface area contributed by atoms with Gasteiger partial charge in [-0.15, -0.1) is 9.98 Å². The number of hydrogen-bond donors (Lipinski definition) is 1. The molecule has 0 atom stereocenters. The third-order valence-electron chi connectivity index (χ3n) is 3.60. The highest BCUT2D eigenvalue weighted by molar-refractivity contribution is 8.00. The SMILES string of the molecule is CC(C)(C#N)Oc1cnc(C2=Nc3cc(SC(F)(F)F)nc[n+]3C2)c([S-](=N)=O)c1. The maximum absolute atomic E-state index is 12.5. The first kappa shape index (κ1) is 21.0. The number of rotatable bonds is 5. The van der Waals surface area contributed by atoms with Gasteiger partial charge in [0.1, 0.15) is 18.4 Å². The lowest BCUT2D eigenvalue weighted by atomic mass is 10.2. The van der Waals surface area contributed by atoms with Gasteiger partial charge in [0.25, 0.3) is 5.82 Å². The van der Waals surface area contributed by atoms with Crippen LogP contribution in [0.3, 0.4) is 0 Å². The molecule has 13 heteroatoms. The number of halogens is 3. The van der Waals surface area contributed by atoms with E-state index in [0.29, 0.717) is 5.71 Å². The van der Waals surface area contributed by atoms with Crippen molar-refractivity contribution in [3.05, 3.63) is 30.4 Å². The molecule has 3 heterocycles. The number of ether oxygens (including phenoxy) is 1. The molecule has 8 nitrogen and oxygen atoms in total. The van der Waals surface area contributed by atoms with E-state index in [4.69, 9.17) is 14.8 Å². The fourth-order valence-electron chi connectivity index (χ4n) is 2.43. The molecule has 0 saturated heterocycles. The molecule has 0 aliphatic carbocycles. The van der Waals surface area contributed by atoms with Gasteiger partial charge >= 0.3 is 5.51 Å². The molecular weight excluding hydrogens is 429 g/mol. The molecule has 0 fully saturated rings. The van der Waals surface area contributed by atoms with Crippen LogP contribution in [0.4, 0.5) is 19.0 Å². The van der Waals surface area contributed by atoms with Crippen molar-refractivity contribution >= 4 is 33.9 Å². The predicted molar refractivity (Wildman–Crippen MR) is 96.1 cm³/mol. The van der Waals surface area contributed by atoms with Crippen LogP contribution < -0.4 is 9.30 Å². The average Bonchev–Trinajstić information content (AvgIpc) is 3.03. The van der Waals surface area contributed by atoms with E-state index < -0.39 is 21.7 Å². The molecule has 0 aromatic carbocycles. The molecule has 0 saturated carbocycles. The number of aliphatic imine (C=N–C) groups is 1. The van der Waals surface area contributed by atoms with Crippen LogP contribution in [0.5, 0.6) is 5.75 Å². The van der Waals surface area contributed by atoms with E-state index >= 15 is 0 Å². The summed E-state index contributed by atoms with van der Waals surface area (Å²) in [6.45, 7) is 3.21. The van der Waals surface area contributed by atoms with Crippen LogP contribution >= 0.6 is 11.8 Å². The largest absolute Gasteiger partial charge is 0.471 e. The van der Waals surface area contributed by atoms with E-state index in [0.717, 1.165) is 0 Å². The van der Waals surface area contributed by atoms with Crippen LogP contribution in [-0.2, 0) is 21.3 Å². The molecular formula is C16H13F3N6O2S2. The van der Waals surface area contributed by atoms with E-state index in [9.17, 15) is 17.4 Å². The van der Waals surface area contributed by atoms with Gasteiger partial charge in [0.2, 0.25) is 6.33 Å². The summed E-state index contributed by atoms with van der Waals surface area (Å²) in [7, 11) is -2.19. The highest BCUT2D eigenvalue weighted by Gasteiger charge is 2.33. The van der Waals surface area contributed by atoms with E-state index in [1.54, 1.807) is 0 Å². The molecule has 0 unspecified atom stereocenters. The van der Waals surface area contributed by atoms with Crippen LogP contribution in [0.2, 0.25) is 0 Å². The summed E-state index contributed by atoms with van der Waals surface area (Å²) in [6.07, 6.45) is 2.54. The summed E-state index contributed by atoms with van der Waals surface area (Å²) < 4.78 is 64.1. The zero-order valence-electron chi connectivity index (χ0n) is 15.0. The number of thioether (sulfide) groups is 1. The number of nitriles is 1. The molecule has 1 N–H and O–H groups in total. The first-order chi connectivity index (χ1) is 13.5. The van der Waals surface area contributed by atoms with Crippen molar-refractivity contribution in [2.24, 2.45) is 4.99 Å². The van der Waals surface area contributed by atoms with Crippen molar-refractivity contribution in [3.8, 4) is 11.8 Å². The topological polar surface area (TPSA) is 116 Å². The van der Waals surface area contributed by atoms with E-state index in [2.05, 4.69) is 15.0 Å². The number of alkyl halides is 3. The van der Waals surface area contributed by atoms with Crippen molar-refractivity contribution in [3.63, 3.8) is 0 Å². The normalized spacial score (nSPS) is 13.8. The molecule has 3 rings (SSSR count). The molecule has 2 aromatic rings. The molecule has 2 aromatic heterocycles. The number of aromatic nitrogens is 3. The summed E-state index contributed by atoms with van der Waals surface area (Å²) in [5.74, 6) is 0.390. The van der Waals surface area contributed by atoms with Crippen LogP contribution in [0.1, 0.15) is 19.5 Å². The van der Waals surface area contributed by atoms with Crippen LogP contribution in [0.25, 0.3) is 0 Å². The highest BCUT2D eigenvalue weighted by atomic mass is 32.2. The second kappa shape index (κ2) is 7.60. The van der Waals surface area contributed by atoms with Crippen LogP contribution in [0.15, 0.2) is 39.6 Å². The molecule has 152 valence electrons. The second-order valence-electron chi connectivity index (χ2n) is 6.33. The Kier molecular flexibility index (Phi) is 5.50. The fraction of sp³-hybridized carbons (Fsp3) is 0.312. The fourth-order valence-corrected chi connectivity index (χ4v) is 3.50. The van der Waals surface area contributed by atoms with E-state index in [1.807, 2.05) is 6.07 Å². The maximum Gasteiger partial charge on any atom is 0.449 e. The predicted octanol–water partition coefficient (Wildman–Crippen LogP) is 3.28. The summed E-state index contributed by atoms with van der Waals surface area (Å²) >= 11 is -0.350. The van der Waals surface area contributed by atoms with Gasteiger partial charge in [-0.05, 0) is 19.9 Å². The van der Waals surface area contributed by atoms with Gasteiger partial charge in [-0.2, -0.15) is 29.0 Å². The summed E-state index contributed by atoms with van der Waals surface area (Å²) in [6, 6.07) is 4.48. The monoisotopic (exact) mass is 442 g/mol. The lowest BCUT2D eigenvalue weighted by Gasteiger charge is -2.19. The maximum atomic E-state index is 12.5. The quantitative estimate of drug-likeness (QED) is 0.329. The first-order valence-corrected chi connectivity index (χ1v) is 9.90.